The molecule has 0 heterocycles. The number of carbonyl (C=O) groups is 1. The molecule has 0 aromatic heterocycles. The maximum atomic E-state index is 11.1. The van der Waals surface area contributed by atoms with E-state index in [1.165, 1.54) is 0 Å². The van der Waals surface area contributed by atoms with Crippen molar-refractivity contribution in [1.82, 2.24) is 5.32 Å². The Bertz CT molecular complexity index is 144. The smallest absolute Gasteiger partial charge is 0.236 e. The maximum Gasteiger partial charge on any atom is 0.236 e. The quantitative estimate of drug-likeness (QED) is 0.776. The average molecular weight is 263 g/mol. The van der Waals surface area contributed by atoms with E-state index in [9.17, 15) is 4.79 Å². The first-order valence-electron chi connectivity index (χ1n) is 3.09. The Balaban J connectivity index is 3.71. The number of amides is 1. The van der Waals surface area contributed by atoms with Crippen LogP contribution in [0.15, 0.2) is 0 Å². The molecule has 2 nitrogen and oxygen atoms in total. The van der Waals surface area contributed by atoms with Gasteiger partial charge in [-0.1, -0.05) is 15.9 Å². The fourth-order valence-corrected chi connectivity index (χ4v) is 0.675. The highest BCUT2D eigenvalue weighted by Crippen LogP contribution is 2.15. The highest BCUT2D eigenvalue weighted by atomic mass is 79.9. The molecule has 0 aliphatic heterocycles. The zero-order chi connectivity index (χ0) is 9.07. The number of nitrogens with one attached hydrogen (secondary N) is 1. The van der Waals surface area contributed by atoms with E-state index in [-0.39, 0.29) is 12.5 Å². The van der Waals surface area contributed by atoms with Crippen molar-refractivity contribution < 1.29 is 4.79 Å². The second kappa shape index (κ2) is 4.53. The summed E-state index contributed by atoms with van der Waals surface area (Å²) in [4.78, 5) is 10.5. The van der Waals surface area contributed by atoms with Gasteiger partial charge in [-0.2, -0.15) is 0 Å². The Morgan fingerprint density at radius 1 is 1.64 bits per heavy atom. The summed E-state index contributed by atoms with van der Waals surface area (Å²) < 4.78 is -0.560. The molecular weight excluding hydrogens is 253 g/mol. The Labute approximate surface area is 84.7 Å². The normalized spacial score (nSPS) is 11.8. The molecule has 0 aliphatic rings. The summed E-state index contributed by atoms with van der Waals surface area (Å²) in [6, 6.07) is 0. The average Bonchev–Trinajstić information content (AvgIpc) is 1.80. The predicted molar refractivity (Wildman–Crippen MR) is 51.5 cm³/mol. The van der Waals surface area contributed by atoms with Crippen molar-refractivity contribution in [2.75, 3.05) is 6.54 Å². The van der Waals surface area contributed by atoms with Crippen LogP contribution in [0.2, 0.25) is 0 Å². The van der Waals surface area contributed by atoms with Gasteiger partial charge in [0.05, 0.1) is 4.32 Å². The minimum atomic E-state index is -0.560. The van der Waals surface area contributed by atoms with E-state index < -0.39 is 9.16 Å². The van der Waals surface area contributed by atoms with E-state index in [0.29, 0.717) is 0 Å². The number of hydrogen-bond acceptors (Lipinski definition) is 1. The van der Waals surface area contributed by atoms with Crippen LogP contribution in [0.4, 0.5) is 0 Å². The predicted octanol–water partition coefficient (Wildman–Crippen LogP) is 2.08. The molecular formula is C6H10BrCl2NO. The highest BCUT2D eigenvalue weighted by molar-refractivity contribution is 9.10. The van der Waals surface area contributed by atoms with Crippen LogP contribution in [0, 0.1) is 0 Å². The SMILES string of the molecule is CC(C)(Br)C(=O)NCC(Cl)Cl. The van der Waals surface area contributed by atoms with Crippen LogP contribution < -0.4 is 5.32 Å². The van der Waals surface area contributed by atoms with E-state index in [0.717, 1.165) is 0 Å². The number of halogens is 3. The van der Waals surface area contributed by atoms with Crippen molar-refractivity contribution in [3.8, 4) is 0 Å². The van der Waals surface area contributed by atoms with E-state index >= 15 is 0 Å². The Hall–Kier alpha value is 0.530. The molecule has 0 fully saturated rings. The number of hydrogen-bond donors (Lipinski definition) is 1. The van der Waals surface area contributed by atoms with Crippen LogP contribution in [0.5, 0.6) is 0 Å². The molecule has 0 rings (SSSR count). The van der Waals surface area contributed by atoms with Gasteiger partial charge in [-0.3, -0.25) is 4.79 Å². The zero-order valence-corrected chi connectivity index (χ0v) is 9.42. The molecule has 0 saturated heterocycles. The lowest BCUT2D eigenvalue weighted by molar-refractivity contribution is -0.122. The summed E-state index contributed by atoms with van der Waals surface area (Å²) in [5, 5.41) is 2.57. The highest BCUT2D eigenvalue weighted by Gasteiger charge is 2.23. The molecule has 0 aliphatic carbocycles. The molecule has 0 saturated carbocycles. The molecule has 0 aromatic rings. The lowest BCUT2D eigenvalue weighted by Gasteiger charge is -2.15. The topological polar surface area (TPSA) is 29.1 Å². The van der Waals surface area contributed by atoms with Crippen molar-refractivity contribution in [1.29, 1.82) is 0 Å². The standard InChI is InChI=1S/C6H10BrCl2NO/c1-6(2,7)5(11)10-3-4(8)9/h4H,3H2,1-2H3,(H,10,11). The summed E-state index contributed by atoms with van der Waals surface area (Å²) in [6.07, 6.45) is 0. The van der Waals surface area contributed by atoms with Crippen molar-refractivity contribution in [3.63, 3.8) is 0 Å². The molecule has 11 heavy (non-hydrogen) atoms. The van der Waals surface area contributed by atoms with Crippen LogP contribution in [0.25, 0.3) is 0 Å². The Kier molecular flexibility index (Phi) is 4.75. The second-order valence-corrected chi connectivity index (χ2v) is 5.83. The third kappa shape index (κ3) is 5.76. The third-order valence-electron chi connectivity index (χ3n) is 0.957. The van der Waals surface area contributed by atoms with Gasteiger partial charge in [0.1, 0.15) is 4.84 Å². The van der Waals surface area contributed by atoms with Crippen molar-refractivity contribution in [2.45, 2.75) is 23.0 Å². The summed E-state index contributed by atoms with van der Waals surface area (Å²) in [6.45, 7) is 3.77. The van der Waals surface area contributed by atoms with Crippen LogP contribution in [0.3, 0.4) is 0 Å². The first-order chi connectivity index (χ1) is 4.84. The van der Waals surface area contributed by atoms with E-state index in [2.05, 4.69) is 21.2 Å². The maximum absolute atomic E-state index is 11.1. The van der Waals surface area contributed by atoms with Crippen LogP contribution in [-0.4, -0.2) is 21.6 Å². The molecule has 1 amide bonds. The summed E-state index contributed by atoms with van der Waals surface area (Å²) in [5.74, 6) is -0.121. The molecule has 5 heteroatoms. The Morgan fingerprint density at radius 2 is 2.09 bits per heavy atom. The van der Waals surface area contributed by atoms with Gasteiger partial charge >= 0.3 is 0 Å². The number of carbonyl (C=O) groups excluding carboxylic acids is 1. The first-order valence-corrected chi connectivity index (χ1v) is 4.76. The molecule has 1 N–H and O–H groups in total. The van der Waals surface area contributed by atoms with E-state index in [1.807, 2.05) is 0 Å². The minimum Gasteiger partial charge on any atom is -0.352 e. The zero-order valence-electron chi connectivity index (χ0n) is 6.33. The van der Waals surface area contributed by atoms with Gasteiger partial charge in [-0.25, -0.2) is 0 Å². The van der Waals surface area contributed by atoms with E-state index in [4.69, 9.17) is 23.2 Å². The van der Waals surface area contributed by atoms with Crippen LogP contribution >= 0.6 is 39.1 Å². The van der Waals surface area contributed by atoms with Gasteiger partial charge in [0.25, 0.3) is 0 Å². The molecule has 0 atom stereocenters. The number of rotatable bonds is 3. The monoisotopic (exact) mass is 261 g/mol. The molecule has 66 valence electrons. The van der Waals surface area contributed by atoms with Gasteiger partial charge in [-0.05, 0) is 13.8 Å². The van der Waals surface area contributed by atoms with E-state index in [1.54, 1.807) is 13.8 Å². The summed E-state index contributed by atoms with van der Waals surface area (Å²) >= 11 is 14.0. The fourth-order valence-electron chi connectivity index (χ4n) is 0.380. The fraction of sp³-hybridized carbons (Fsp3) is 0.833. The Morgan fingerprint density at radius 3 is 2.36 bits per heavy atom. The summed E-state index contributed by atoms with van der Waals surface area (Å²) in [5.41, 5.74) is 0. The molecule has 0 unspecified atom stereocenters. The lowest BCUT2D eigenvalue weighted by Crippen LogP contribution is -2.39. The molecule has 0 radical (unpaired) electrons. The van der Waals surface area contributed by atoms with Crippen molar-refractivity contribution >= 4 is 45.0 Å². The molecule has 0 aromatic carbocycles. The van der Waals surface area contributed by atoms with Gasteiger partial charge in [0.2, 0.25) is 5.91 Å². The lowest BCUT2D eigenvalue weighted by atomic mass is 10.2. The second-order valence-electron chi connectivity index (χ2n) is 2.57. The van der Waals surface area contributed by atoms with Gasteiger partial charge < -0.3 is 5.32 Å². The van der Waals surface area contributed by atoms with Crippen molar-refractivity contribution in [3.05, 3.63) is 0 Å². The van der Waals surface area contributed by atoms with Gasteiger partial charge in [-0.15, -0.1) is 23.2 Å². The minimum absolute atomic E-state index is 0.121. The molecule has 0 bridgehead atoms. The van der Waals surface area contributed by atoms with Crippen LogP contribution in [0.1, 0.15) is 13.8 Å². The summed E-state index contributed by atoms with van der Waals surface area (Å²) in [7, 11) is 0. The van der Waals surface area contributed by atoms with Crippen LogP contribution in [-0.2, 0) is 4.79 Å². The number of alkyl halides is 3. The third-order valence-corrected chi connectivity index (χ3v) is 1.63. The largest absolute Gasteiger partial charge is 0.352 e. The van der Waals surface area contributed by atoms with Gasteiger partial charge in [0, 0.05) is 6.54 Å². The molecule has 0 spiro atoms. The van der Waals surface area contributed by atoms with Crippen molar-refractivity contribution in [2.24, 2.45) is 0 Å². The first kappa shape index (κ1) is 11.5. The van der Waals surface area contributed by atoms with Gasteiger partial charge in [0.15, 0.2) is 0 Å².